The highest BCUT2D eigenvalue weighted by Gasteiger charge is 2.09. The van der Waals surface area contributed by atoms with Crippen LogP contribution in [-0.4, -0.2) is 4.98 Å². The van der Waals surface area contributed by atoms with Crippen LogP contribution in [0.25, 0.3) is 33.0 Å². The van der Waals surface area contributed by atoms with Crippen LogP contribution in [0.5, 0.6) is 0 Å². The molecule has 2 aromatic heterocycles. The quantitative estimate of drug-likeness (QED) is 0.494. The van der Waals surface area contributed by atoms with Gasteiger partial charge in [-0.2, -0.15) is 0 Å². The van der Waals surface area contributed by atoms with Gasteiger partial charge in [-0.15, -0.1) is 0 Å². The predicted octanol–water partition coefficient (Wildman–Crippen LogP) is 4.45. The van der Waals surface area contributed by atoms with Crippen molar-refractivity contribution in [3.05, 3.63) is 67.1 Å². The van der Waals surface area contributed by atoms with Gasteiger partial charge in [-0.1, -0.05) is 48.5 Å². The maximum Gasteiger partial charge on any atom is 0.160 e. The molecule has 4 aromatic rings. The smallest absolute Gasteiger partial charge is 0.160 e. The zero-order chi connectivity index (χ0) is 12.7. The van der Waals surface area contributed by atoms with Crippen LogP contribution >= 0.6 is 0 Å². The lowest BCUT2D eigenvalue weighted by Crippen LogP contribution is -1.83. The van der Waals surface area contributed by atoms with E-state index >= 15 is 0 Å². The first-order valence-corrected chi connectivity index (χ1v) is 6.16. The van der Waals surface area contributed by atoms with Crippen molar-refractivity contribution in [2.24, 2.45) is 0 Å². The number of pyridine rings is 1. The molecule has 0 amide bonds. The fourth-order valence-corrected chi connectivity index (χ4v) is 2.33. The first-order valence-electron chi connectivity index (χ1n) is 6.16. The van der Waals surface area contributed by atoms with Crippen molar-refractivity contribution in [1.29, 1.82) is 0 Å². The third-order valence-corrected chi connectivity index (χ3v) is 3.29. The van der Waals surface area contributed by atoms with Crippen molar-refractivity contribution in [1.82, 2.24) is 4.98 Å². The maximum atomic E-state index is 5.67. The van der Waals surface area contributed by atoms with Crippen molar-refractivity contribution in [3.8, 4) is 11.5 Å². The Morgan fingerprint density at radius 3 is 2.63 bits per heavy atom. The van der Waals surface area contributed by atoms with Crippen LogP contribution in [0.1, 0.15) is 0 Å². The Balaban J connectivity index is 1.99. The van der Waals surface area contributed by atoms with Crippen LogP contribution in [0.15, 0.2) is 65.3 Å². The van der Waals surface area contributed by atoms with Gasteiger partial charge >= 0.3 is 0 Å². The van der Waals surface area contributed by atoms with Gasteiger partial charge in [0.1, 0.15) is 5.69 Å². The predicted molar refractivity (Wildman–Crippen MR) is 75.8 cm³/mol. The van der Waals surface area contributed by atoms with E-state index in [9.17, 15) is 0 Å². The van der Waals surface area contributed by atoms with Crippen molar-refractivity contribution in [2.75, 3.05) is 0 Å². The molecule has 0 atom stereocenters. The Morgan fingerprint density at radius 2 is 1.68 bits per heavy atom. The molecule has 2 aromatic carbocycles. The summed E-state index contributed by atoms with van der Waals surface area (Å²) in [6.07, 6.45) is 4.83. The first kappa shape index (κ1) is 10.3. The summed E-state index contributed by atoms with van der Waals surface area (Å²) in [6.45, 7) is 0. The minimum absolute atomic E-state index is 0.803. The Kier molecular flexibility index (Phi) is 2.15. The lowest BCUT2D eigenvalue weighted by Gasteiger charge is -2.00. The molecular weight excluding hydrogens is 234 g/mol. The van der Waals surface area contributed by atoms with E-state index in [1.54, 1.807) is 6.26 Å². The van der Waals surface area contributed by atoms with Crippen molar-refractivity contribution in [2.45, 2.75) is 0 Å². The second-order valence-corrected chi connectivity index (χ2v) is 4.49. The standard InChI is InChI=1S/C17H10NO/c1-2-6-13-10-18-16(9-12(13)5-1)17-15-8-4-3-7-14(15)11-19-17/h1-9,11H. The molecule has 0 bridgehead atoms. The Bertz CT molecular complexity index is 876. The molecule has 2 nitrogen and oxygen atoms in total. The number of benzene rings is 2. The van der Waals surface area contributed by atoms with Gasteiger partial charge in [0.2, 0.25) is 0 Å². The fourth-order valence-electron chi connectivity index (χ4n) is 2.33. The minimum atomic E-state index is 0.803. The summed E-state index contributed by atoms with van der Waals surface area (Å²) in [4.78, 5) is 4.38. The van der Waals surface area contributed by atoms with E-state index in [4.69, 9.17) is 4.42 Å². The summed E-state index contributed by atoms with van der Waals surface area (Å²) < 4.78 is 5.67. The Hall–Kier alpha value is -2.61. The van der Waals surface area contributed by atoms with Crippen LogP contribution in [0.4, 0.5) is 0 Å². The van der Waals surface area contributed by atoms with E-state index in [2.05, 4.69) is 17.2 Å². The number of aromatic nitrogens is 1. The molecule has 0 aliphatic rings. The molecule has 2 heteroatoms. The molecule has 0 aliphatic carbocycles. The summed E-state index contributed by atoms with van der Waals surface area (Å²) in [6, 6.07) is 18.2. The molecule has 0 saturated carbocycles. The van der Waals surface area contributed by atoms with Gasteiger partial charge in [0.15, 0.2) is 5.76 Å². The molecule has 0 fully saturated rings. The monoisotopic (exact) mass is 244 g/mol. The van der Waals surface area contributed by atoms with Crippen LogP contribution in [-0.2, 0) is 0 Å². The van der Waals surface area contributed by atoms with Gasteiger partial charge in [-0.05, 0) is 11.5 Å². The van der Waals surface area contributed by atoms with E-state index in [-0.39, 0.29) is 0 Å². The highest BCUT2D eigenvalue weighted by molar-refractivity contribution is 5.95. The zero-order valence-corrected chi connectivity index (χ0v) is 10.1. The molecule has 1 radical (unpaired) electrons. The maximum absolute atomic E-state index is 5.67. The topological polar surface area (TPSA) is 26.0 Å². The largest absolute Gasteiger partial charge is 0.461 e. The van der Waals surface area contributed by atoms with Crippen molar-refractivity contribution >= 4 is 21.5 Å². The van der Waals surface area contributed by atoms with Crippen LogP contribution in [0, 0.1) is 6.20 Å². The molecule has 19 heavy (non-hydrogen) atoms. The van der Waals surface area contributed by atoms with E-state index in [1.165, 1.54) is 0 Å². The number of nitrogens with zero attached hydrogens (tertiary/aromatic N) is 1. The number of rotatable bonds is 1. The normalized spacial score (nSPS) is 11.2. The summed E-state index contributed by atoms with van der Waals surface area (Å²) in [5.74, 6) is 0.803. The second-order valence-electron chi connectivity index (χ2n) is 4.49. The van der Waals surface area contributed by atoms with Crippen LogP contribution in [0.3, 0.4) is 0 Å². The Morgan fingerprint density at radius 1 is 0.895 bits per heavy atom. The third-order valence-electron chi connectivity index (χ3n) is 3.29. The van der Waals surface area contributed by atoms with Gasteiger partial charge in [0, 0.05) is 16.2 Å². The van der Waals surface area contributed by atoms with Crippen molar-refractivity contribution < 1.29 is 4.42 Å². The summed E-state index contributed by atoms with van der Waals surface area (Å²) in [7, 11) is 0. The van der Waals surface area contributed by atoms with E-state index in [0.29, 0.717) is 0 Å². The van der Waals surface area contributed by atoms with E-state index in [0.717, 1.165) is 33.0 Å². The lowest BCUT2D eigenvalue weighted by atomic mass is 10.1. The average Bonchev–Trinajstić information content (AvgIpc) is 2.91. The molecule has 0 N–H and O–H groups in total. The van der Waals surface area contributed by atoms with Crippen LogP contribution < -0.4 is 0 Å². The molecule has 0 unspecified atom stereocenters. The van der Waals surface area contributed by atoms with E-state index < -0.39 is 0 Å². The third kappa shape index (κ3) is 1.61. The van der Waals surface area contributed by atoms with Gasteiger partial charge in [0.05, 0.1) is 12.5 Å². The minimum Gasteiger partial charge on any atom is -0.461 e. The second kappa shape index (κ2) is 3.95. The first-order chi connectivity index (χ1) is 9.42. The van der Waals surface area contributed by atoms with Gasteiger partial charge in [-0.25, -0.2) is 4.98 Å². The highest BCUT2D eigenvalue weighted by Crippen LogP contribution is 2.30. The molecule has 89 valence electrons. The summed E-state index contributed by atoms with van der Waals surface area (Å²) >= 11 is 0. The van der Waals surface area contributed by atoms with Gasteiger partial charge in [-0.3, -0.25) is 0 Å². The molecule has 0 saturated heterocycles. The lowest BCUT2D eigenvalue weighted by molar-refractivity contribution is 0.585. The molecule has 4 rings (SSSR count). The molecular formula is C17H10NO. The van der Waals surface area contributed by atoms with E-state index in [1.807, 2.05) is 48.5 Å². The number of hydrogen-bond donors (Lipinski definition) is 0. The number of fused-ring (bicyclic) bond motifs is 2. The van der Waals surface area contributed by atoms with Crippen LogP contribution in [0.2, 0.25) is 0 Å². The average molecular weight is 244 g/mol. The molecule has 0 spiro atoms. The zero-order valence-electron chi connectivity index (χ0n) is 10.1. The summed E-state index contributed by atoms with van der Waals surface area (Å²) in [5.41, 5.74) is 0.819. The summed E-state index contributed by atoms with van der Waals surface area (Å²) in [5, 5.41) is 4.31. The van der Waals surface area contributed by atoms with Gasteiger partial charge < -0.3 is 4.42 Å². The number of furan rings is 1. The fraction of sp³-hybridized carbons (Fsp3) is 0. The molecule has 2 heterocycles. The highest BCUT2D eigenvalue weighted by atomic mass is 16.3. The Labute approximate surface area is 110 Å². The van der Waals surface area contributed by atoms with Gasteiger partial charge in [0.25, 0.3) is 0 Å². The van der Waals surface area contributed by atoms with Crippen molar-refractivity contribution in [3.63, 3.8) is 0 Å². The number of hydrogen-bond acceptors (Lipinski definition) is 2. The SMILES string of the molecule is [c]1nc(-c2occ3ccccc23)cc2ccccc12. The molecule has 0 aliphatic heterocycles.